The van der Waals surface area contributed by atoms with Gasteiger partial charge in [0.2, 0.25) is 0 Å². The fourth-order valence-electron chi connectivity index (χ4n) is 4.60. The number of hydrogen-bond donors (Lipinski definition) is 1. The SMILES string of the molecule is C#CCN(c1ccccc1C(=O)O)C1CCc2cc3nc(C)n(COC(=O)C(C)(C)C)c(=O)c3cc21. The molecule has 1 aliphatic rings. The van der Waals surface area contributed by atoms with Crippen LogP contribution in [0.2, 0.25) is 0 Å². The summed E-state index contributed by atoms with van der Waals surface area (Å²) in [5.41, 5.74) is 2.25. The fourth-order valence-corrected chi connectivity index (χ4v) is 4.60. The highest BCUT2D eigenvalue weighted by atomic mass is 16.5. The van der Waals surface area contributed by atoms with Crippen LogP contribution in [0.15, 0.2) is 41.2 Å². The third-order valence-electron chi connectivity index (χ3n) is 6.47. The molecule has 0 spiro atoms. The summed E-state index contributed by atoms with van der Waals surface area (Å²) < 4.78 is 6.73. The van der Waals surface area contributed by atoms with Crippen molar-refractivity contribution in [2.24, 2.45) is 5.41 Å². The topological polar surface area (TPSA) is 102 Å². The van der Waals surface area contributed by atoms with Crippen molar-refractivity contribution in [3.05, 3.63) is 69.3 Å². The number of carbonyl (C=O) groups is 2. The molecular weight excluding hydrogens is 458 g/mol. The molecule has 1 unspecified atom stereocenters. The first kappa shape index (κ1) is 25.0. The number of ether oxygens (including phenoxy) is 1. The van der Waals surface area contributed by atoms with Crippen LogP contribution in [0.3, 0.4) is 0 Å². The average Bonchev–Trinajstić information content (AvgIpc) is 3.23. The van der Waals surface area contributed by atoms with Crippen LogP contribution in [0.25, 0.3) is 10.9 Å². The van der Waals surface area contributed by atoms with Crippen molar-refractivity contribution in [2.75, 3.05) is 11.4 Å². The minimum absolute atomic E-state index is 0.169. The molecule has 1 N–H and O–H groups in total. The van der Waals surface area contributed by atoms with Gasteiger partial charge in [-0.15, -0.1) is 6.42 Å². The third kappa shape index (κ3) is 4.57. The monoisotopic (exact) mass is 487 g/mol. The van der Waals surface area contributed by atoms with Gasteiger partial charge in [0.25, 0.3) is 5.56 Å². The van der Waals surface area contributed by atoms with Crippen LogP contribution in [-0.2, 0) is 22.7 Å². The van der Waals surface area contributed by atoms with Crippen LogP contribution < -0.4 is 10.5 Å². The number of fused-ring (bicyclic) bond motifs is 2. The molecule has 8 nitrogen and oxygen atoms in total. The van der Waals surface area contributed by atoms with Crippen molar-refractivity contribution < 1.29 is 19.4 Å². The second-order valence-corrected chi connectivity index (χ2v) is 9.98. The third-order valence-corrected chi connectivity index (χ3v) is 6.47. The molecule has 1 heterocycles. The Labute approximate surface area is 209 Å². The van der Waals surface area contributed by atoms with Gasteiger partial charge in [-0.3, -0.25) is 14.2 Å². The minimum atomic E-state index is -1.03. The summed E-state index contributed by atoms with van der Waals surface area (Å²) in [5, 5.41) is 10.1. The van der Waals surface area contributed by atoms with Crippen molar-refractivity contribution in [2.45, 2.75) is 53.3 Å². The Morgan fingerprint density at radius 1 is 1.28 bits per heavy atom. The number of aryl methyl sites for hydroxylation is 2. The second kappa shape index (κ2) is 9.50. The van der Waals surface area contributed by atoms with E-state index in [9.17, 15) is 19.5 Å². The van der Waals surface area contributed by atoms with Crippen molar-refractivity contribution in [3.8, 4) is 12.3 Å². The molecule has 3 aromatic rings. The van der Waals surface area contributed by atoms with Crippen molar-refractivity contribution in [3.63, 3.8) is 0 Å². The Kier molecular flexibility index (Phi) is 6.59. The molecule has 8 heteroatoms. The summed E-state index contributed by atoms with van der Waals surface area (Å²) in [6, 6.07) is 10.3. The van der Waals surface area contributed by atoms with Gasteiger partial charge in [0.15, 0.2) is 6.73 Å². The average molecular weight is 488 g/mol. The fraction of sp³-hybridized carbons (Fsp3) is 0.357. The molecule has 1 aliphatic carbocycles. The largest absolute Gasteiger partial charge is 0.478 e. The molecule has 0 radical (unpaired) electrons. The molecule has 0 fully saturated rings. The number of aromatic carboxylic acids is 1. The number of benzene rings is 2. The summed E-state index contributed by atoms with van der Waals surface area (Å²) in [6.45, 7) is 6.94. The van der Waals surface area contributed by atoms with E-state index in [2.05, 4.69) is 10.9 Å². The van der Waals surface area contributed by atoms with Crippen LogP contribution in [0.5, 0.6) is 0 Å². The van der Waals surface area contributed by atoms with Gasteiger partial charge in [-0.05, 0) is 75.9 Å². The van der Waals surface area contributed by atoms with Crippen LogP contribution in [0, 0.1) is 24.7 Å². The van der Waals surface area contributed by atoms with Crippen LogP contribution in [0.4, 0.5) is 5.69 Å². The van der Waals surface area contributed by atoms with E-state index in [4.69, 9.17) is 11.2 Å². The van der Waals surface area contributed by atoms with Gasteiger partial charge >= 0.3 is 11.9 Å². The molecule has 0 aliphatic heterocycles. The molecular formula is C28H29N3O5. The van der Waals surface area contributed by atoms with Gasteiger partial charge in [0.1, 0.15) is 5.82 Å². The minimum Gasteiger partial charge on any atom is -0.478 e. The molecule has 0 saturated heterocycles. The Balaban J connectivity index is 1.78. The maximum absolute atomic E-state index is 13.4. The van der Waals surface area contributed by atoms with E-state index in [0.717, 1.165) is 24.0 Å². The highest BCUT2D eigenvalue weighted by molar-refractivity contribution is 5.94. The molecule has 2 aromatic carbocycles. The zero-order chi connectivity index (χ0) is 26.2. The molecule has 0 saturated carbocycles. The summed E-state index contributed by atoms with van der Waals surface area (Å²) in [4.78, 5) is 44.1. The van der Waals surface area contributed by atoms with Gasteiger partial charge < -0.3 is 14.7 Å². The number of carboxylic acid groups (broad SMARTS) is 1. The van der Waals surface area contributed by atoms with Gasteiger partial charge in [-0.25, -0.2) is 9.78 Å². The Morgan fingerprint density at radius 3 is 2.67 bits per heavy atom. The lowest BCUT2D eigenvalue weighted by Crippen LogP contribution is -2.30. The molecule has 0 bridgehead atoms. The summed E-state index contributed by atoms with van der Waals surface area (Å²) in [7, 11) is 0. The van der Waals surface area contributed by atoms with E-state index >= 15 is 0 Å². The van der Waals surface area contributed by atoms with Crippen LogP contribution in [0.1, 0.15) is 60.5 Å². The Morgan fingerprint density at radius 2 is 2.00 bits per heavy atom. The molecule has 186 valence electrons. The summed E-state index contributed by atoms with van der Waals surface area (Å²) >= 11 is 0. The number of carbonyl (C=O) groups excluding carboxylic acids is 1. The predicted molar refractivity (Wildman–Crippen MR) is 137 cm³/mol. The lowest BCUT2D eigenvalue weighted by atomic mass is 9.98. The zero-order valence-electron chi connectivity index (χ0n) is 20.9. The standard InChI is InChI=1S/C28H29N3O5/c1-6-13-30(23-10-8-7-9-19(23)26(33)34)24-12-11-18-14-22-21(15-20(18)24)25(32)31(17(2)29-22)16-36-27(35)28(3,4)5/h1,7-10,14-15,24H,11-13,16H2,2-5H3,(H,33,34). The molecule has 0 amide bonds. The number of aromatic nitrogens is 2. The first-order valence-electron chi connectivity index (χ1n) is 11.8. The number of carboxylic acids is 1. The highest BCUT2D eigenvalue weighted by Gasteiger charge is 2.31. The summed E-state index contributed by atoms with van der Waals surface area (Å²) in [5.74, 6) is 1.66. The van der Waals surface area contributed by atoms with Crippen molar-refractivity contribution in [1.82, 2.24) is 9.55 Å². The van der Waals surface area contributed by atoms with Crippen molar-refractivity contribution in [1.29, 1.82) is 0 Å². The van der Waals surface area contributed by atoms with Gasteiger partial charge in [-0.1, -0.05) is 18.1 Å². The number of para-hydroxylation sites is 1. The van der Waals surface area contributed by atoms with Crippen molar-refractivity contribution >= 4 is 28.5 Å². The smallest absolute Gasteiger partial charge is 0.337 e. The van der Waals surface area contributed by atoms with E-state index in [1.165, 1.54) is 4.57 Å². The Bertz CT molecular complexity index is 1460. The zero-order valence-corrected chi connectivity index (χ0v) is 20.9. The molecule has 1 atom stereocenters. The van der Waals surface area contributed by atoms with E-state index in [-0.39, 0.29) is 30.4 Å². The summed E-state index contributed by atoms with van der Waals surface area (Å²) in [6.07, 6.45) is 7.15. The first-order valence-corrected chi connectivity index (χ1v) is 11.8. The maximum atomic E-state index is 13.4. The van der Waals surface area contributed by atoms with E-state index in [0.29, 0.717) is 22.4 Å². The number of esters is 1. The maximum Gasteiger partial charge on any atom is 0.337 e. The van der Waals surface area contributed by atoms with Crippen LogP contribution in [-0.4, -0.2) is 33.1 Å². The van der Waals surface area contributed by atoms with Gasteiger partial charge in [0.05, 0.1) is 40.2 Å². The number of rotatable bonds is 6. The number of hydrogen-bond acceptors (Lipinski definition) is 6. The normalized spacial score (nSPS) is 14.8. The second-order valence-electron chi connectivity index (χ2n) is 9.98. The quantitative estimate of drug-likeness (QED) is 0.413. The number of nitrogens with zero attached hydrogens (tertiary/aromatic N) is 3. The molecule has 4 rings (SSSR count). The van der Waals surface area contributed by atoms with Gasteiger partial charge in [-0.2, -0.15) is 0 Å². The lowest BCUT2D eigenvalue weighted by Gasteiger charge is -2.31. The predicted octanol–water partition coefficient (Wildman–Crippen LogP) is 4.08. The lowest BCUT2D eigenvalue weighted by molar-refractivity contribution is -0.157. The Hall–Kier alpha value is -4.12. The van der Waals surface area contributed by atoms with E-state index < -0.39 is 17.4 Å². The van der Waals surface area contributed by atoms with Gasteiger partial charge in [0, 0.05) is 0 Å². The molecule has 36 heavy (non-hydrogen) atoms. The first-order chi connectivity index (χ1) is 17.0. The van der Waals surface area contributed by atoms with E-state index in [1.54, 1.807) is 52.0 Å². The number of anilines is 1. The van der Waals surface area contributed by atoms with Crippen LogP contribution >= 0.6 is 0 Å². The highest BCUT2D eigenvalue weighted by Crippen LogP contribution is 2.40. The molecule has 1 aromatic heterocycles. The number of terminal acetylenes is 1. The van der Waals surface area contributed by atoms with E-state index in [1.807, 2.05) is 17.0 Å².